The Morgan fingerprint density at radius 3 is 1.40 bits per heavy atom. The average Bonchev–Trinajstić information content (AvgIpc) is 3.36. The predicted molar refractivity (Wildman–Crippen MR) is 158 cm³/mol. The van der Waals surface area contributed by atoms with Crippen molar-refractivity contribution in [3.8, 4) is 0 Å². The van der Waals surface area contributed by atoms with Crippen LogP contribution in [0.3, 0.4) is 0 Å². The van der Waals surface area contributed by atoms with E-state index in [9.17, 15) is 8.78 Å². The van der Waals surface area contributed by atoms with Crippen LogP contribution in [0, 0.1) is 34.9 Å². The first-order valence-electron chi connectivity index (χ1n) is 15.0. The number of aryl methyl sites for hydroxylation is 6. The minimum atomic E-state index is -1.32. The van der Waals surface area contributed by atoms with Gasteiger partial charge >= 0.3 is 0 Å². The van der Waals surface area contributed by atoms with Crippen LogP contribution in [-0.2, 0) is 38.5 Å². The van der Waals surface area contributed by atoms with Gasteiger partial charge in [0.15, 0.2) is 23.3 Å². The monoisotopic (exact) mass is 596 g/mol. The number of hydrogen-bond acceptors (Lipinski definition) is 1. The summed E-state index contributed by atoms with van der Waals surface area (Å²) in [7, 11) is 0. The molecule has 226 valence electrons. The molecule has 7 heteroatoms. The Morgan fingerprint density at radius 1 is 0.465 bits per heavy atom. The van der Waals surface area contributed by atoms with Gasteiger partial charge in [0.2, 0.25) is 0 Å². The lowest BCUT2D eigenvalue weighted by Crippen LogP contribution is -2.01. The molecular formula is C36H34F6O. The molecule has 1 heterocycles. The standard InChI is InChI=1S/C36H34F6O/c1-3-5-6-8-24-14-10-22(18-28(24)38)12-16-26-20-30-32(36(42)34(26)40)31-29(43-30)19-25(33(39)35(31)41)15-11-21-9-13-23(7-4-2)27(37)17-21/h9-10,13-14,17-20H,3-8,11-12,15-16H2,1-2H3. The van der Waals surface area contributed by atoms with Crippen molar-refractivity contribution in [2.75, 3.05) is 0 Å². The van der Waals surface area contributed by atoms with Crippen molar-refractivity contribution >= 4 is 21.9 Å². The molecule has 1 nitrogen and oxygen atoms in total. The minimum absolute atomic E-state index is 0.00821. The molecule has 0 aliphatic rings. The first kappa shape index (κ1) is 30.7. The number of unbranched alkanes of at least 4 members (excludes halogenated alkanes) is 2. The Kier molecular flexibility index (Phi) is 9.48. The maximum absolute atomic E-state index is 15.3. The highest BCUT2D eigenvalue weighted by molar-refractivity contribution is 6.06. The van der Waals surface area contributed by atoms with E-state index in [1.807, 2.05) is 6.92 Å². The van der Waals surface area contributed by atoms with Crippen LogP contribution in [0.15, 0.2) is 52.9 Å². The van der Waals surface area contributed by atoms with Crippen molar-refractivity contribution in [2.24, 2.45) is 0 Å². The molecule has 4 aromatic carbocycles. The zero-order valence-corrected chi connectivity index (χ0v) is 24.4. The van der Waals surface area contributed by atoms with Gasteiger partial charge in [-0.1, -0.05) is 57.4 Å². The molecule has 0 fully saturated rings. The second kappa shape index (κ2) is 13.3. The quantitative estimate of drug-likeness (QED) is 0.103. The molecule has 5 rings (SSSR count). The summed E-state index contributed by atoms with van der Waals surface area (Å²) >= 11 is 0. The zero-order chi connectivity index (χ0) is 30.7. The molecule has 43 heavy (non-hydrogen) atoms. The van der Waals surface area contributed by atoms with Gasteiger partial charge in [-0.05, 0) is 103 Å². The van der Waals surface area contributed by atoms with Crippen LogP contribution in [0.1, 0.15) is 72.9 Å². The van der Waals surface area contributed by atoms with E-state index in [4.69, 9.17) is 4.42 Å². The molecule has 0 N–H and O–H groups in total. The van der Waals surface area contributed by atoms with Gasteiger partial charge in [0.1, 0.15) is 22.8 Å². The molecule has 0 atom stereocenters. The summed E-state index contributed by atoms with van der Waals surface area (Å²) in [6, 6.07) is 12.4. The summed E-state index contributed by atoms with van der Waals surface area (Å²) in [5.74, 6) is -5.66. The van der Waals surface area contributed by atoms with E-state index in [0.717, 1.165) is 25.7 Å². The summed E-state index contributed by atoms with van der Waals surface area (Å²) in [4.78, 5) is 0. The zero-order valence-electron chi connectivity index (χ0n) is 24.4. The first-order valence-corrected chi connectivity index (χ1v) is 15.0. The fraction of sp³-hybridized carbons (Fsp3) is 0.333. The molecular weight excluding hydrogens is 562 g/mol. The van der Waals surface area contributed by atoms with E-state index in [2.05, 4.69) is 6.92 Å². The molecule has 0 unspecified atom stereocenters. The molecule has 0 amide bonds. The van der Waals surface area contributed by atoms with Gasteiger partial charge in [0.25, 0.3) is 0 Å². The SMILES string of the molecule is CCCCCc1ccc(CCc2cc3oc4cc(CCc5ccc(CCC)c(F)c5)c(F)c(F)c4c3c(F)c2F)cc1F. The van der Waals surface area contributed by atoms with Crippen molar-refractivity contribution in [2.45, 2.75) is 78.1 Å². The fourth-order valence-electron chi connectivity index (χ4n) is 5.71. The Balaban J connectivity index is 1.38. The van der Waals surface area contributed by atoms with Crippen molar-refractivity contribution in [1.82, 2.24) is 0 Å². The maximum Gasteiger partial charge on any atom is 0.170 e. The lowest BCUT2D eigenvalue weighted by atomic mass is 9.98. The van der Waals surface area contributed by atoms with E-state index < -0.39 is 34.0 Å². The van der Waals surface area contributed by atoms with Gasteiger partial charge in [-0.2, -0.15) is 0 Å². The van der Waals surface area contributed by atoms with Crippen LogP contribution in [0.5, 0.6) is 0 Å². The highest BCUT2D eigenvalue weighted by atomic mass is 19.2. The maximum atomic E-state index is 15.3. The normalized spacial score (nSPS) is 11.7. The van der Waals surface area contributed by atoms with Crippen molar-refractivity contribution in [3.05, 3.63) is 117 Å². The Hall–Kier alpha value is -3.74. The molecule has 0 bridgehead atoms. The molecule has 0 spiro atoms. The topological polar surface area (TPSA) is 13.1 Å². The number of rotatable bonds is 12. The second-order valence-electron chi connectivity index (χ2n) is 11.2. The van der Waals surface area contributed by atoms with Gasteiger partial charge < -0.3 is 4.42 Å². The molecule has 0 saturated heterocycles. The third-order valence-corrected chi connectivity index (χ3v) is 8.13. The van der Waals surface area contributed by atoms with E-state index in [1.165, 1.54) is 24.3 Å². The Bertz CT molecular complexity index is 1770. The Morgan fingerprint density at radius 2 is 0.953 bits per heavy atom. The lowest BCUT2D eigenvalue weighted by Gasteiger charge is -2.08. The highest BCUT2D eigenvalue weighted by Crippen LogP contribution is 2.37. The fourth-order valence-corrected chi connectivity index (χ4v) is 5.71. The number of fused-ring (bicyclic) bond motifs is 3. The van der Waals surface area contributed by atoms with E-state index >= 15 is 17.6 Å². The van der Waals surface area contributed by atoms with Crippen molar-refractivity contribution in [3.63, 3.8) is 0 Å². The first-order chi connectivity index (χ1) is 20.7. The van der Waals surface area contributed by atoms with Crippen molar-refractivity contribution in [1.29, 1.82) is 0 Å². The second-order valence-corrected chi connectivity index (χ2v) is 11.2. The molecule has 1 aromatic heterocycles. The van der Waals surface area contributed by atoms with Crippen LogP contribution in [0.2, 0.25) is 0 Å². The smallest absolute Gasteiger partial charge is 0.170 e. The van der Waals surface area contributed by atoms with Crippen LogP contribution >= 0.6 is 0 Å². The van der Waals surface area contributed by atoms with Crippen LogP contribution in [0.4, 0.5) is 26.3 Å². The third kappa shape index (κ3) is 6.46. The van der Waals surface area contributed by atoms with Gasteiger partial charge in [-0.15, -0.1) is 0 Å². The van der Waals surface area contributed by atoms with E-state index in [1.54, 1.807) is 24.3 Å². The van der Waals surface area contributed by atoms with Gasteiger partial charge in [-0.3, -0.25) is 0 Å². The van der Waals surface area contributed by atoms with Gasteiger partial charge in [0, 0.05) is 0 Å². The summed E-state index contributed by atoms with van der Waals surface area (Å²) in [5.41, 5.74) is 2.27. The number of halogens is 6. The predicted octanol–water partition coefficient (Wildman–Crippen LogP) is 10.7. The van der Waals surface area contributed by atoms with Crippen LogP contribution < -0.4 is 0 Å². The molecule has 5 aromatic rings. The number of furan rings is 1. The van der Waals surface area contributed by atoms with E-state index in [-0.39, 0.29) is 59.6 Å². The molecule has 0 aliphatic heterocycles. The number of hydrogen-bond donors (Lipinski definition) is 0. The van der Waals surface area contributed by atoms with E-state index in [0.29, 0.717) is 35.1 Å². The van der Waals surface area contributed by atoms with Gasteiger partial charge in [-0.25, -0.2) is 26.3 Å². The third-order valence-electron chi connectivity index (χ3n) is 8.13. The molecule has 0 saturated carbocycles. The Labute approximate surface area is 247 Å². The summed E-state index contributed by atoms with van der Waals surface area (Å²) < 4.78 is 95.5. The average molecular weight is 597 g/mol. The summed E-state index contributed by atoms with van der Waals surface area (Å²) in [6.07, 6.45) is 5.62. The number of benzene rings is 4. The minimum Gasteiger partial charge on any atom is -0.456 e. The molecule has 0 radical (unpaired) electrons. The largest absolute Gasteiger partial charge is 0.456 e. The molecule has 0 aliphatic carbocycles. The van der Waals surface area contributed by atoms with Crippen molar-refractivity contribution < 1.29 is 30.8 Å². The summed E-state index contributed by atoms with van der Waals surface area (Å²) in [6.45, 7) is 4.03. The van der Waals surface area contributed by atoms with Gasteiger partial charge in [0.05, 0.1) is 10.8 Å². The lowest BCUT2D eigenvalue weighted by molar-refractivity contribution is 0.502. The van der Waals surface area contributed by atoms with Crippen LogP contribution in [0.25, 0.3) is 21.9 Å². The summed E-state index contributed by atoms with van der Waals surface area (Å²) in [5, 5.41) is -0.926. The van der Waals surface area contributed by atoms with Crippen LogP contribution in [-0.4, -0.2) is 0 Å². The highest BCUT2D eigenvalue weighted by Gasteiger charge is 2.25.